The number of furan rings is 1. The van der Waals surface area contributed by atoms with Gasteiger partial charge < -0.3 is 9.15 Å². The molecule has 0 radical (unpaired) electrons. The second kappa shape index (κ2) is 5.19. The van der Waals surface area contributed by atoms with E-state index < -0.39 is 0 Å². The quantitative estimate of drug-likeness (QED) is 0.807. The number of ether oxygens (including phenoxy) is 1. The van der Waals surface area contributed by atoms with Gasteiger partial charge >= 0.3 is 0 Å². The summed E-state index contributed by atoms with van der Waals surface area (Å²) < 4.78 is 11.8. The summed E-state index contributed by atoms with van der Waals surface area (Å²) in [5.74, 6) is 1.72. The highest BCUT2D eigenvalue weighted by molar-refractivity contribution is 9.10. The standard InChI is InChI=1S/C13H11BrO3/c1-9-6-10(4-5-13(9)14)16-8-12-3-2-11(7-15)17-12/h2-7H,8H2,1H3. The Morgan fingerprint density at radius 1 is 1.35 bits per heavy atom. The van der Waals surface area contributed by atoms with Crippen LogP contribution in [-0.2, 0) is 6.61 Å². The van der Waals surface area contributed by atoms with Gasteiger partial charge in [0.15, 0.2) is 12.0 Å². The zero-order chi connectivity index (χ0) is 12.3. The zero-order valence-electron chi connectivity index (χ0n) is 9.27. The van der Waals surface area contributed by atoms with Gasteiger partial charge in [0, 0.05) is 4.47 Å². The van der Waals surface area contributed by atoms with Crippen LogP contribution in [0.2, 0.25) is 0 Å². The monoisotopic (exact) mass is 294 g/mol. The van der Waals surface area contributed by atoms with Crippen molar-refractivity contribution in [3.63, 3.8) is 0 Å². The van der Waals surface area contributed by atoms with E-state index in [1.807, 2.05) is 25.1 Å². The molecule has 0 spiro atoms. The van der Waals surface area contributed by atoms with Crippen LogP contribution in [0.5, 0.6) is 5.75 Å². The number of carbonyl (C=O) groups excluding carboxylic acids is 1. The first kappa shape index (κ1) is 11.9. The molecule has 0 aliphatic rings. The largest absolute Gasteiger partial charge is 0.486 e. The molecule has 2 rings (SSSR count). The molecule has 0 aliphatic heterocycles. The first-order valence-corrected chi connectivity index (χ1v) is 5.91. The van der Waals surface area contributed by atoms with Gasteiger partial charge in [-0.2, -0.15) is 0 Å². The number of benzene rings is 1. The number of carbonyl (C=O) groups is 1. The predicted octanol–water partition coefficient (Wildman–Crippen LogP) is 3.74. The third-order valence-corrected chi connectivity index (χ3v) is 3.20. The number of aldehydes is 1. The van der Waals surface area contributed by atoms with Crippen molar-refractivity contribution in [1.82, 2.24) is 0 Å². The predicted molar refractivity (Wildman–Crippen MR) is 67.3 cm³/mol. The Balaban J connectivity index is 2.01. The van der Waals surface area contributed by atoms with Gasteiger partial charge in [0.2, 0.25) is 0 Å². The Kier molecular flexibility index (Phi) is 3.64. The maximum atomic E-state index is 10.4. The summed E-state index contributed by atoms with van der Waals surface area (Å²) in [5.41, 5.74) is 1.11. The molecule has 0 saturated carbocycles. The zero-order valence-corrected chi connectivity index (χ0v) is 10.9. The summed E-state index contributed by atoms with van der Waals surface area (Å²) in [4.78, 5) is 10.4. The van der Waals surface area contributed by atoms with E-state index in [-0.39, 0.29) is 0 Å². The number of rotatable bonds is 4. The van der Waals surface area contributed by atoms with E-state index in [1.54, 1.807) is 12.1 Å². The van der Waals surface area contributed by atoms with E-state index in [9.17, 15) is 4.79 Å². The van der Waals surface area contributed by atoms with E-state index in [4.69, 9.17) is 9.15 Å². The van der Waals surface area contributed by atoms with Gasteiger partial charge in [-0.25, -0.2) is 0 Å². The van der Waals surface area contributed by atoms with Gasteiger partial charge in [0.25, 0.3) is 0 Å². The van der Waals surface area contributed by atoms with E-state index in [0.29, 0.717) is 24.4 Å². The van der Waals surface area contributed by atoms with Crippen LogP contribution in [-0.4, -0.2) is 6.29 Å². The van der Waals surface area contributed by atoms with Gasteiger partial charge in [-0.3, -0.25) is 4.79 Å². The lowest BCUT2D eigenvalue weighted by atomic mass is 10.2. The Morgan fingerprint density at radius 2 is 2.18 bits per heavy atom. The molecule has 4 heteroatoms. The van der Waals surface area contributed by atoms with Crippen LogP contribution in [0.1, 0.15) is 21.9 Å². The van der Waals surface area contributed by atoms with Crippen LogP contribution in [0.25, 0.3) is 0 Å². The van der Waals surface area contributed by atoms with Crippen LogP contribution in [0.4, 0.5) is 0 Å². The summed E-state index contributed by atoms with van der Waals surface area (Å²) in [5, 5.41) is 0. The summed E-state index contributed by atoms with van der Waals surface area (Å²) >= 11 is 3.43. The van der Waals surface area contributed by atoms with Crippen molar-refractivity contribution in [3.05, 3.63) is 51.9 Å². The summed E-state index contributed by atoms with van der Waals surface area (Å²) in [6.45, 7) is 2.31. The van der Waals surface area contributed by atoms with Gasteiger partial charge in [0.1, 0.15) is 18.1 Å². The molecule has 3 nitrogen and oxygen atoms in total. The number of halogens is 1. The van der Waals surface area contributed by atoms with Crippen molar-refractivity contribution in [2.75, 3.05) is 0 Å². The molecule has 1 aromatic carbocycles. The topological polar surface area (TPSA) is 39.4 Å². The molecule has 1 heterocycles. The molecule has 0 bridgehead atoms. The van der Waals surface area contributed by atoms with Gasteiger partial charge in [0.05, 0.1) is 0 Å². The fourth-order valence-corrected chi connectivity index (χ4v) is 1.64. The Labute approximate surface area is 108 Å². The maximum absolute atomic E-state index is 10.4. The fraction of sp³-hybridized carbons (Fsp3) is 0.154. The van der Waals surface area contributed by atoms with Crippen LogP contribution in [0.3, 0.4) is 0 Å². The molecular formula is C13H11BrO3. The van der Waals surface area contributed by atoms with Gasteiger partial charge in [-0.15, -0.1) is 0 Å². The minimum atomic E-state index is 0.314. The molecule has 0 unspecified atom stereocenters. The van der Waals surface area contributed by atoms with Crippen molar-refractivity contribution >= 4 is 22.2 Å². The molecule has 0 fully saturated rings. The fourth-order valence-electron chi connectivity index (χ4n) is 1.40. The highest BCUT2D eigenvalue weighted by Gasteiger charge is 2.03. The van der Waals surface area contributed by atoms with Crippen molar-refractivity contribution in [2.45, 2.75) is 13.5 Å². The summed E-state index contributed by atoms with van der Waals surface area (Å²) in [7, 11) is 0. The Hall–Kier alpha value is -1.55. The molecular weight excluding hydrogens is 284 g/mol. The molecule has 17 heavy (non-hydrogen) atoms. The normalized spacial score (nSPS) is 10.2. The van der Waals surface area contributed by atoms with Crippen molar-refractivity contribution < 1.29 is 13.9 Å². The SMILES string of the molecule is Cc1cc(OCc2ccc(C=O)o2)ccc1Br. The third-order valence-electron chi connectivity index (χ3n) is 2.31. The van der Waals surface area contributed by atoms with E-state index in [2.05, 4.69) is 15.9 Å². The van der Waals surface area contributed by atoms with Crippen LogP contribution < -0.4 is 4.74 Å². The Morgan fingerprint density at radius 3 is 2.82 bits per heavy atom. The van der Waals surface area contributed by atoms with Crippen molar-refractivity contribution in [1.29, 1.82) is 0 Å². The number of aryl methyl sites for hydroxylation is 1. The maximum Gasteiger partial charge on any atom is 0.185 e. The van der Waals surface area contributed by atoms with Gasteiger partial charge in [-0.05, 0) is 42.8 Å². The molecule has 0 N–H and O–H groups in total. The highest BCUT2D eigenvalue weighted by Crippen LogP contribution is 2.22. The van der Waals surface area contributed by atoms with E-state index >= 15 is 0 Å². The van der Waals surface area contributed by atoms with Crippen LogP contribution in [0.15, 0.2) is 39.2 Å². The van der Waals surface area contributed by atoms with Gasteiger partial charge in [-0.1, -0.05) is 15.9 Å². The molecule has 0 amide bonds. The van der Waals surface area contributed by atoms with E-state index in [1.165, 1.54) is 0 Å². The van der Waals surface area contributed by atoms with Crippen LogP contribution in [0, 0.1) is 6.92 Å². The summed E-state index contributed by atoms with van der Waals surface area (Å²) in [6, 6.07) is 9.10. The molecule has 2 aromatic rings. The minimum Gasteiger partial charge on any atom is -0.486 e. The first-order chi connectivity index (χ1) is 8.19. The second-order valence-corrected chi connectivity index (χ2v) is 4.48. The second-order valence-electron chi connectivity index (χ2n) is 3.62. The van der Waals surface area contributed by atoms with Crippen LogP contribution >= 0.6 is 15.9 Å². The third kappa shape index (κ3) is 2.97. The van der Waals surface area contributed by atoms with E-state index in [0.717, 1.165) is 15.8 Å². The van der Waals surface area contributed by atoms with Crippen molar-refractivity contribution in [3.8, 4) is 5.75 Å². The molecule has 88 valence electrons. The van der Waals surface area contributed by atoms with Crippen molar-refractivity contribution in [2.24, 2.45) is 0 Å². The molecule has 0 aliphatic carbocycles. The molecule has 1 aromatic heterocycles. The number of hydrogen-bond acceptors (Lipinski definition) is 3. The molecule has 0 saturated heterocycles. The average Bonchev–Trinajstić information content (AvgIpc) is 2.79. The lowest BCUT2D eigenvalue weighted by Crippen LogP contribution is -1.94. The Bertz CT molecular complexity index is 531. The average molecular weight is 295 g/mol. The lowest BCUT2D eigenvalue weighted by molar-refractivity contribution is 0.109. The number of hydrogen-bond donors (Lipinski definition) is 0. The first-order valence-electron chi connectivity index (χ1n) is 5.12. The molecule has 0 atom stereocenters. The highest BCUT2D eigenvalue weighted by atomic mass is 79.9. The summed E-state index contributed by atoms with van der Waals surface area (Å²) in [6.07, 6.45) is 0.674. The minimum absolute atomic E-state index is 0.314. The lowest BCUT2D eigenvalue weighted by Gasteiger charge is -2.06. The smallest absolute Gasteiger partial charge is 0.185 e.